The van der Waals surface area contributed by atoms with Gasteiger partial charge in [-0.2, -0.15) is 13.2 Å². The maximum Gasteiger partial charge on any atom is 0.416 e. The van der Waals surface area contributed by atoms with Crippen LogP contribution in [-0.4, -0.2) is 41.2 Å². The largest absolute Gasteiger partial charge is 0.453 e. The van der Waals surface area contributed by atoms with Crippen molar-refractivity contribution < 1.29 is 37.1 Å². The Morgan fingerprint density at radius 3 is 2.25 bits per heavy atom. The van der Waals surface area contributed by atoms with Crippen LogP contribution in [0.2, 0.25) is 0 Å². The molecular formula is C22H19F3N2O5. The zero-order chi connectivity index (χ0) is 23.5. The average molecular weight is 448 g/mol. The number of halogens is 3. The van der Waals surface area contributed by atoms with Crippen LogP contribution in [0, 0.1) is 0 Å². The number of carbonyl (C=O) groups excluding carboxylic acids is 4. The lowest BCUT2D eigenvalue weighted by molar-refractivity contribution is -0.153. The molecule has 0 aromatic heterocycles. The molecular weight excluding hydrogens is 429 g/mol. The summed E-state index contributed by atoms with van der Waals surface area (Å²) in [6.45, 7) is 1.29. The normalized spacial score (nSPS) is 14.2. The van der Waals surface area contributed by atoms with Crippen LogP contribution in [0.5, 0.6) is 0 Å². The van der Waals surface area contributed by atoms with Gasteiger partial charge in [0.1, 0.15) is 0 Å². The Labute approximate surface area is 181 Å². The number of esters is 1. The number of nitrogens with zero attached hydrogens (tertiary/aromatic N) is 1. The Balaban J connectivity index is 1.47. The third-order valence-corrected chi connectivity index (χ3v) is 4.78. The molecule has 0 bridgehead atoms. The lowest BCUT2D eigenvalue weighted by atomic mass is 10.1. The summed E-state index contributed by atoms with van der Waals surface area (Å²) in [5, 5.41) is 2.27. The third kappa shape index (κ3) is 5.13. The number of carbonyl (C=O) groups is 4. The van der Waals surface area contributed by atoms with Crippen LogP contribution in [0.1, 0.15) is 46.0 Å². The Bertz CT molecular complexity index is 1030. The molecule has 7 nitrogen and oxygen atoms in total. The highest BCUT2D eigenvalue weighted by Crippen LogP contribution is 2.30. The van der Waals surface area contributed by atoms with Crippen molar-refractivity contribution in [1.82, 2.24) is 4.90 Å². The molecule has 1 heterocycles. The molecule has 10 heteroatoms. The fourth-order valence-corrected chi connectivity index (χ4v) is 3.15. The smallest absolute Gasteiger partial charge is 0.416 e. The van der Waals surface area contributed by atoms with Gasteiger partial charge in [0.2, 0.25) is 0 Å². The zero-order valence-electron chi connectivity index (χ0n) is 16.9. The Morgan fingerprint density at radius 2 is 1.66 bits per heavy atom. The lowest BCUT2D eigenvalue weighted by Crippen LogP contribution is -2.32. The summed E-state index contributed by atoms with van der Waals surface area (Å²) in [6, 6.07) is 10.5. The predicted molar refractivity (Wildman–Crippen MR) is 107 cm³/mol. The highest BCUT2D eigenvalue weighted by Gasteiger charge is 2.34. The van der Waals surface area contributed by atoms with Gasteiger partial charge in [0.25, 0.3) is 17.7 Å². The van der Waals surface area contributed by atoms with Crippen molar-refractivity contribution in [2.45, 2.75) is 32.0 Å². The van der Waals surface area contributed by atoms with Crippen molar-refractivity contribution in [1.29, 1.82) is 0 Å². The summed E-state index contributed by atoms with van der Waals surface area (Å²) < 4.78 is 43.3. The van der Waals surface area contributed by atoms with Gasteiger partial charge in [0.05, 0.1) is 16.7 Å². The number of rotatable bonds is 7. The molecule has 2 aromatic carbocycles. The van der Waals surface area contributed by atoms with Gasteiger partial charge in [0.15, 0.2) is 6.10 Å². The van der Waals surface area contributed by atoms with Crippen LogP contribution in [0.25, 0.3) is 0 Å². The molecule has 1 aliphatic heterocycles. The van der Waals surface area contributed by atoms with E-state index in [0.29, 0.717) is 11.1 Å². The monoisotopic (exact) mass is 448 g/mol. The van der Waals surface area contributed by atoms with Gasteiger partial charge in [-0.25, -0.2) is 0 Å². The molecule has 0 radical (unpaired) electrons. The number of alkyl halides is 3. The van der Waals surface area contributed by atoms with Crippen LogP contribution < -0.4 is 5.32 Å². The molecule has 1 N–H and O–H groups in total. The molecule has 1 atom stereocenters. The zero-order valence-corrected chi connectivity index (χ0v) is 16.9. The van der Waals surface area contributed by atoms with Crippen molar-refractivity contribution >= 4 is 29.4 Å². The van der Waals surface area contributed by atoms with E-state index in [-0.39, 0.29) is 25.1 Å². The van der Waals surface area contributed by atoms with Crippen LogP contribution in [-0.2, 0) is 20.5 Å². The van der Waals surface area contributed by atoms with E-state index >= 15 is 0 Å². The van der Waals surface area contributed by atoms with Crippen LogP contribution in [0.4, 0.5) is 18.9 Å². The fourth-order valence-electron chi connectivity index (χ4n) is 3.15. The molecule has 0 aliphatic carbocycles. The van der Waals surface area contributed by atoms with Gasteiger partial charge in [-0.3, -0.25) is 24.1 Å². The summed E-state index contributed by atoms with van der Waals surface area (Å²) in [5.41, 5.74) is -0.397. The number of nitrogens with one attached hydrogen (secondary N) is 1. The second-order valence-electron chi connectivity index (χ2n) is 7.11. The summed E-state index contributed by atoms with van der Waals surface area (Å²) in [5.74, 6) is -2.41. The quantitative estimate of drug-likeness (QED) is 0.516. The molecule has 0 fully saturated rings. The Morgan fingerprint density at radius 1 is 1.03 bits per heavy atom. The van der Waals surface area contributed by atoms with Crippen LogP contribution >= 0.6 is 0 Å². The van der Waals surface area contributed by atoms with Gasteiger partial charge in [-0.15, -0.1) is 0 Å². The van der Waals surface area contributed by atoms with Gasteiger partial charge in [0, 0.05) is 18.7 Å². The number of amides is 3. The molecule has 3 amide bonds. The first-order chi connectivity index (χ1) is 15.1. The van der Waals surface area contributed by atoms with Gasteiger partial charge >= 0.3 is 12.1 Å². The van der Waals surface area contributed by atoms with E-state index in [9.17, 15) is 32.3 Å². The molecule has 0 saturated carbocycles. The Kier molecular flexibility index (Phi) is 6.61. The number of benzene rings is 2. The number of imide groups is 1. The minimum absolute atomic E-state index is 0.00621. The highest BCUT2D eigenvalue weighted by molar-refractivity contribution is 6.21. The first kappa shape index (κ1) is 23.0. The van der Waals surface area contributed by atoms with Crippen molar-refractivity contribution in [3.8, 4) is 0 Å². The number of fused-ring (bicyclic) bond motifs is 1. The third-order valence-electron chi connectivity index (χ3n) is 4.78. The van der Waals surface area contributed by atoms with E-state index in [2.05, 4.69) is 5.32 Å². The average Bonchev–Trinajstić information content (AvgIpc) is 2.98. The molecule has 1 unspecified atom stereocenters. The molecule has 168 valence electrons. The second-order valence-corrected chi connectivity index (χ2v) is 7.11. The van der Waals surface area contributed by atoms with Crippen LogP contribution in [0.15, 0.2) is 48.5 Å². The standard InChI is InChI=1S/C22H19F3N2O5/c1-13(19(29)26-15-7-4-6-14(12-15)22(23,24)25)32-18(28)10-5-11-27-20(30)16-8-2-3-9-17(16)21(27)31/h2-4,6-9,12-13H,5,10-11H2,1H3,(H,26,29). The minimum atomic E-state index is -4.56. The minimum Gasteiger partial charge on any atom is -0.453 e. The van der Waals surface area contributed by atoms with Crippen molar-refractivity contribution in [3.63, 3.8) is 0 Å². The number of hydrogen-bond donors (Lipinski definition) is 1. The maximum absolute atomic E-state index is 12.8. The molecule has 0 spiro atoms. The van der Waals surface area contributed by atoms with Crippen LogP contribution in [0.3, 0.4) is 0 Å². The summed E-state index contributed by atoms with van der Waals surface area (Å²) >= 11 is 0. The molecule has 2 aromatic rings. The predicted octanol–water partition coefficient (Wildman–Crippen LogP) is 3.65. The summed E-state index contributed by atoms with van der Waals surface area (Å²) in [6.07, 6.45) is -5.84. The molecule has 32 heavy (non-hydrogen) atoms. The van der Waals surface area contributed by atoms with Crippen molar-refractivity contribution in [2.75, 3.05) is 11.9 Å². The van der Waals surface area contributed by atoms with E-state index in [4.69, 9.17) is 4.74 Å². The summed E-state index contributed by atoms with van der Waals surface area (Å²) in [7, 11) is 0. The SMILES string of the molecule is CC(OC(=O)CCCN1C(=O)c2ccccc2C1=O)C(=O)Nc1cccc(C(F)(F)F)c1. The highest BCUT2D eigenvalue weighted by atomic mass is 19.4. The van der Waals surface area contributed by atoms with E-state index < -0.39 is 41.5 Å². The number of hydrogen-bond acceptors (Lipinski definition) is 5. The Hall–Kier alpha value is -3.69. The van der Waals surface area contributed by atoms with Gasteiger partial charge < -0.3 is 10.1 Å². The first-order valence-corrected chi connectivity index (χ1v) is 9.71. The van der Waals surface area contributed by atoms with E-state index in [1.807, 2.05) is 0 Å². The molecule has 0 saturated heterocycles. The van der Waals surface area contributed by atoms with Gasteiger partial charge in [-0.05, 0) is 43.7 Å². The molecule has 1 aliphatic rings. The lowest BCUT2D eigenvalue weighted by Gasteiger charge is -2.16. The first-order valence-electron chi connectivity index (χ1n) is 9.71. The second kappa shape index (κ2) is 9.21. The summed E-state index contributed by atoms with van der Waals surface area (Å²) in [4.78, 5) is 49.7. The van der Waals surface area contributed by atoms with E-state index in [1.165, 1.54) is 13.0 Å². The topological polar surface area (TPSA) is 92.8 Å². The molecule has 3 rings (SSSR count). The fraction of sp³-hybridized carbons (Fsp3) is 0.273. The number of anilines is 1. The van der Waals surface area contributed by atoms with Gasteiger partial charge in [-0.1, -0.05) is 18.2 Å². The van der Waals surface area contributed by atoms with E-state index in [1.54, 1.807) is 24.3 Å². The van der Waals surface area contributed by atoms with Crippen molar-refractivity contribution in [2.24, 2.45) is 0 Å². The number of ether oxygens (including phenoxy) is 1. The van der Waals surface area contributed by atoms with E-state index in [0.717, 1.165) is 23.1 Å². The maximum atomic E-state index is 12.8. The van der Waals surface area contributed by atoms with Crippen molar-refractivity contribution in [3.05, 3.63) is 65.2 Å².